The first kappa shape index (κ1) is 25.6. The molecule has 2 aliphatic heterocycles. The van der Waals surface area contributed by atoms with E-state index in [1.165, 1.54) is 6.07 Å². The number of anilines is 2. The topological polar surface area (TPSA) is 99.6 Å². The first-order chi connectivity index (χ1) is 17.0. The summed E-state index contributed by atoms with van der Waals surface area (Å²) in [6, 6.07) is 10.8. The second-order valence-corrected chi connectivity index (χ2v) is 9.75. The third kappa shape index (κ3) is 5.50. The van der Waals surface area contributed by atoms with Crippen LogP contribution in [0.2, 0.25) is 0 Å². The molecule has 0 spiro atoms. The van der Waals surface area contributed by atoms with Crippen molar-refractivity contribution in [2.45, 2.75) is 32.5 Å². The first-order valence-electron chi connectivity index (χ1n) is 11.8. The molecule has 192 valence electrons. The van der Waals surface area contributed by atoms with Crippen molar-refractivity contribution in [3.05, 3.63) is 59.4 Å². The molecule has 0 aliphatic carbocycles. The van der Waals surface area contributed by atoms with Crippen molar-refractivity contribution in [2.75, 3.05) is 49.2 Å². The molecule has 0 bridgehead atoms. The van der Waals surface area contributed by atoms with Gasteiger partial charge in [0, 0.05) is 13.1 Å². The van der Waals surface area contributed by atoms with Crippen molar-refractivity contribution < 1.29 is 33.4 Å². The number of β-amino-alcohol motifs (C(OH)–C–C–N with tert-alkyl or cyclic N) is 1. The number of hydrogen-bond acceptors (Lipinski definition) is 7. The Bertz CT molecular complexity index is 1120. The average molecular weight is 500 g/mol. The summed E-state index contributed by atoms with van der Waals surface area (Å²) in [6.07, 6.45) is -2.09. The zero-order chi connectivity index (χ0) is 26.0. The highest BCUT2D eigenvalue weighted by atomic mass is 19.1. The van der Waals surface area contributed by atoms with Crippen LogP contribution in [-0.2, 0) is 9.47 Å². The molecule has 0 saturated carbocycles. The van der Waals surface area contributed by atoms with E-state index in [0.717, 1.165) is 9.80 Å². The van der Waals surface area contributed by atoms with Crippen LogP contribution in [0.25, 0.3) is 0 Å². The van der Waals surface area contributed by atoms with Crippen LogP contribution in [-0.4, -0.2) is 79.0 Å². The molecule has 3 amide bonds. The standard InChI is InChI=1S/C26H30FN3O6/c1-26(2,3)36-25(34)29(17-8-9-22(21(27)14-17)28-10-12-35-13-11-28)15-18(31)16-30-23(32)19-6-4-5-7-20(19)24(30)33/h4-9,14,18,31H,10-13,15-16H2,1-3H3. The van der Waals surface area contributed by atoms with Crippen LogP contribution in [0.1, 0.15) is 41.5 Å². The number of hydrogen-bond donors (Lipinski definition) is 1. The van der Waals surface area contributed by atoms with Gasteiger partial charge in [0.1, 0.15) is 11.4 Å². The SMILES string of the molecule is CC(C)(C)OC(=O)N(CC(O)CN1C(=O)c2ccccc2C1=O)c1ccc(N2CCOCC2)c(F)c1. The highest BCUT2D eigenvalue weighted by Gasteiger charge is 2.37. The van der Waals surface area contributed by atoms with Crippen molar-refractivity contribution in [2.24, 2.45) is 0 Å². The fourth-order valence-electron chi connectivity index (χ4n) is 4.21. The van der Waals surface area contributed by atoms with Crippen LogP contribution in [0.15, 0.2) is 42.5 Å². The summed E-state index contributed by atoms with van der Waals surface area (Å²) >= 11 is 0. The zero-order valence-corrected chi connectivity index (χ0v) is 20.6. The average Bonchev–Trinajstić information content (AvgIpc) is 3.07. The highest BCUT2D eigenvalue weighted by molar-refractivity contribution is 6.21. The van der Waals surface area contributed by atoms with E-state index in [-0.39, 0.29) is 29.9 Å². The number of rotatable bonds is 6. The highest BCUT2D eigenvalue weighted by Crippen LogP contribution is 2.28. The van der Waals surface area contributed by atoms with E-state index in [0.29, 0.717) is 32.0 Å². The predicted octanol–water partition coefficient (Wildman–Crippen LogP) is 3.06. The first-order valence-corrected chi connectivity index (χ1v) is 11.8. The maximum Gasteiger partial charge on any atom is 0.414 e. The molecule has 1 atom stereocenters. The van der Waals surface area contributed by atoms with Gasteiger partial charge in [0.15, 0.2) is 0 Å². The molecule has 1 saturated heterocycles. The van der Waals surface area contributed by atoms with Gasteiger partial charge < -0.3 is 19.5 Å². The molecule has 2 aromatic carbocycles. The van der Waals surface area contributed by atoms with E-state index >= 15 is 4.39 Å². The van der Waals surface area contributed by atoms with E-state index in [4.69, 9.17) is 9.47 Å². The number of nitrogens with zero attached hydrogens (tertiary/aromatic N) is 3. The van der Waals surface area contributed by atoms with E-state index in [1.54, 1.807) is 57.2 Å². The minimum atomic E-state index is -1.30. The monoisotopic (exact) mass is 499 g/mol. The van der Waals surface area contributed by atoms with Crippen LogP contribution in [0.3, 0.4) is 0 Å². The van der Waals surface area contributed by atoms with Gasteiger partial charge in [-0.3, -0.25) is 19.4 Å². The number of morpholine rings is 1. The molecular formula is C26H30FN3O6. The quantitative estimate of drug-likeness (QED) is 0.610. The summed E-state index contributed by atoms with van der Waals surface area (Å²) in [7, 11) is 0. The smallest absolute Gasteiger partial charge is 0.414 e. The van der Waals surface area contributed by atoms with Crippen LogP contribution in [0.4, 0.5) is 20.6 Å². The number of aliphatic hydroxyl groups excluding tert-OH is 1. The molecule has 0 aromatic heterocycles. The fraction of sp³-hybridized carbons (Fsp3) is 0.423. The summed E-state index contributed by atoms with van der Waals surface area (Å²) in [5.41, 5.74) is 0.256. The van der Waals surface area contributed by atoms with E-state index in [1.807, 2.05) is 4.90 Å². The second-order valence-electron chi connectivity index (χ2n) is 9.75. The number of aliphatic hydroxyl groups is 1. The molecule has 9 nitrogen and oxygen atoms in total. The molecule has 0 radical (unpaired) electrons. The van der Waals surface area contributed by atoms with Crippen molar-refractivity contribution in [1.82, 2.24) is 4.90 Å². The molecule has 1 N–H and O–H groups in total. The molecule has 1 unspecified atom stereocenters. The molecule has 4 rings (SSSR count). The van der Waals surface area contributed by atoms with Gasteiger partial charge in [-0.15, -0.1) is 0 Å². The number of amides is 3. The second kappa shape index (κ2) is 10.2. The maximum absolute atomic E-state index is 15.1. The molecule has 2 aliphatic rings. The van der Waals surface area contributed by atoms with Gasteiger partial charge in [-0.05, 0) is 51.1 Å². The number of carbonyl (C=O) groups excluding carboxylic acids is 3. The lowest BCUT2D eigenvalue weighted by Crippen LogP contribution is -2.46. The lowest BCUT2D eigenvalue weighted by molar-refractivity contribution is 0.0504. The van der Waals surface area contributed by atoms with Crippen LogP contribution < -0.4 is 9.80 Å². The molecule has 36 heavy (non-hydrogen) atoms. The van der Waals surface area contributed by atoms with E-state index < -0.39 is 35.4 Å². The molecular weight excluding hydrogens is 469 g/mol. The Morgan fingerprint density at radius 2 is 1.72 bits per heavy atom. The summed E-state index contributed by atoms with van der Waals surface area (Å²) in [5, 5.41) is 10.8. The Morgan fingerprint density at radius 1 is 1.11 bits per heavy atom. The third-order valence-electron chi connectivity index (χ3n) is 5.87. The maximum atomic E-state index is 15.1. The lowest BCUT2D eigenvalue weighted by Gasteiger charge is -2.31. The van der Waals surface area contributed by atoms with Crippen molar-refractivity contribution in [3.63, 3.8) is 0 Å². The van der Waals surface area contributed by atoms with E-state index in [2.05, 4.69) is 0 Å². The van der Waals surface area contributed by atoms with Crippen molar-refractivity contribution in [3.8, 4) is 0 Å². The zero-order valence-electron chi connectivity index (χ0n) is 20.6. The Balaban J connectivity index is 1.54. The summed E-state index contributed by atoms with van der Waals surface area (Å²) in [4.78, 5) is 42.3. The molecule has 2 heterocycles. The Morgan fingerprint density at radius 3 is 2.28 bits per heavy atom. The van der Waals surface area contributed by atoms with Gasteiger partial charge in [0.2, 0.25) is 0 Å². The number of carbonyl (C=O) groups is 3. The van der Waals surface area contributed by atoms with Gasteiger partial charge in [0.05, 0.1) is 54.9 Å². The number of fused-ring (bicyclic) bond motifs is 1. The van der Waals surface area contributed by atoms with Crippen molar-refractivity contribution in [1.29, 1.82) is 0 Å². The Labute approximate surface area is 209 Å². The van der Waals surface area contributed by atoms with Gasteiger partial charge in [-0.25, -0.2) is 9.18 Å². The molecule has 10 heteroatoms. The van der Waals surface area contributed by atoms with Crippen molar-refractivity contribution >= 4 is 29.3 Å². The van der Waals surface area contributed by atoms with Gasteiger partial charge >= 0.3 is 6.09 Å². The predicted molar refractivity (Wildman–Crippen MR) is 131 cm³/mol. The molecule has 1 fully saturated rings. The van der Waals surface area contributed by atoms with Gasteiger partial charge in [-0.2, -0.15) is 0 Å². The number of ether oxygens (including phenoxy) is 2. The largest absolute Gasteiger partial charge is 0.443 e. The minimum absolute atomic E-state index is 0.181. The third-order valence-corrected chi connectivity index (χ3v) is 5.87. The Kier molecular flexibility index (Phi) is 7.28. The van der Waals surface area contributed by atoms with Gasteiger partial charge in [0.25, 0.3) is 11.8 Å². The fourth-order valence-corrected chi connectivity index (χ4v) is 4.21. The lowest BCUT2D eigenvalue weighted by atomic mass is 10.1. The summed E-state index contributed by atoms with van der Waals surface area (Å²) in [6.45, 7) is 6.51. The van der Waals surface area contributed by atoms with Gasteiger partial charge in [-0.1, -0.05) is 12.1 Å². The van der Waals surface area contributed by atoms with Crippen LogP contribution in [0, 0.1) is 5.82 Å². The number of imide groups is 1. The number of halogens is 1. The minimum Gasteiger partial charge on any atom is -0.443 e. The number of benzene rings is 2. The normalized spacial score (nSPS) is 16.7. The van der Waals surface area contributed by atoms with E-state index in [9.17, 15) is 19.5 Å². The Hall–Kier alpha value is -3.50. The summed E-state index contributed by atoms with van der Waals surface area (Å²) in [5.74, 6) is -1.56. The molecule has 2 aromatic rings. The van der Waals surface area contributed by atoms with Crippen LogP contribution >= 0.6 is 0 Å². The summed E-state index contributed by atoms with van der Waals surface area (Å²) < 4.78 is 25.9. The van der Waals surface area contributed by atoms with Crippen LogP contribution in [0.5, 0.6) is 0 Å².